The summed E-state index contributed by atoms with van der Waals surface area (Å²) in [5, 5.41) is 12.8. The molecule has 0 spiro atoms. The Hall–Kier alpha value is -2.28. The molecular formula is C15H16F2N4O. The number of fused-ring (bicyclic) bond motifs is 1. The number of nitrogens with one attached hydrogen (secondary N) is 3. The highest BCUT2D eigenvalue weighted by atomic mass is 19.1. The van der Waals surface area contributed by atoms with E-state index in [1.165, 1.54) is 12.1 Å². The number of nitrogens with zero attached hydrogens (tertiary/aromatic N) is 1. The van der Waals surface area contributed by atoms with Gasteiger partial charge in [-0.15, -0.1) is 0 Å². The van der Waals surface area contributed by atoms with Crippen molar-refractivity contribution >= 4 is 5.91 Å². The van der Waals surface area contributed by atoms with Crippen LogP contribution in [-0.4, -0.2) is 22.6 Å². The summed E-state index contributed by atoms with van der Waals surface area (Å²) >= 11 is 0. The zero-order valence-electron chi connectivity index (χ0n) is 12.0. The van der Waals surface area contributed by atoms with Crippen LogP contribution in [0.2, 0.25) is 0 Å². The van der Waals surface area contributed by atoms with Crippen molar-refractivity contribution in [2.45, 2.75) is 25.9 Å². The van der Waals surface area contributed by atoms with Crippen molar-refractivity contribution in [2.24, 2.45) is 0 Å². The molecule has 22 heavy (non-hydrogen) atoms. The van der Waals surface area contributed by atoms with Crippen molar-refractivity contribution < 1.29 is 13.6 Å². The zero-order chi connectivity index (χ0) is 15.7. The van der Waals surface area contributed by atoms with Gasteiger partial charge in [0.15, 0.2) is 5.69 Å². The van der Waals surface area contributed by atoms with Gasteiger partial charge in [-0.2, -0.15) is 5.10 Å². The summed E-state index contributed by atoms with van der Waals surface area (Å²) in [7, 11) is 0. The second-order valence-corrected chi connectivity index (χ2v) is 5.32. The first-order chi connectivity index (χ1) is 10.6. The van der Waals surface area contributed by atoms with Gasteiger partial charge in [0.25, 0.3) is 5.91 Å². The number of aromatic nitrogens is 2. The molecule has 3 N–H and O–H groups in total. The van der Waals surface area contributed by atoms with Crippen molar-refractivity contribution in [3.63, 3.8) is 0 Å². The first-order valence-electron chi connectivity index (χ1n) is 7.09. The SMILES string of the molecule is CC(NC(=O)c1n[nH]c2c1CNCC2)c1ccc(F)cc1F. The molecule has 1 atom stereocenters. The smallest absolute Gasteiger partial charge is 0.272 e. The minimum Gasteiger partial charge on any atom is -0.344 e. The van der Waals surface area contributed by atoms with E-state index in [0.29, 0.717) is 12.2 Å². The lowest BCUT2D eigenvalue weighted by Gasteiger charge is -2.16. The Kier molecular flexibility index (Phi) is 3.89. The highest BCUT2D eigenvalue weighted by Gasteiger charge is 2.23. The van der Waals surface area contributed by atoms with Crippen molar-refractivity contribution in [1.29, 1.82) is 0 Å². The number of hydrogen-bond acceptors (Lipinski definition) is 3. The van der Waals surface area contributed by atoms with Crippen molar-refractivity contribution in [3.05, 3.63) is 52.3 Å². The number of H-pyrrole nitrogens is 1. The lowest BCUT2D eigenvalue weighted by molar-refractivity contribution is 0.0933. The molecule has 5 nitrogen and oxygen atoms in total. The Balaban J connectivity index is 1.78. The molecule has 7 heteroatoms. The molecule has 3 rings (SSSR count). The summed E-state index contributed by atoms with van der Waals surface area (Å²) in [6, 6.07) is 2.72. The van der Waals surface area contributed by atoms with Crippen LogP contribution in [-0.2, 0) is 13.0 Å². The Morgan fingerprint density at radius 2 is 2.23 bits per heavy atom. The zero-order valence-corrected chi connectivity index (χ0v) is 12.0. The second kappa shape index (κ2) is 5.84. The molecule has 1 aliphatic heterocycles. The maximum Gasteiger partial charge on any atom is 0.272 e. The van der Waals surface area contributed by atoms with E-state index in [-0.39, 0.29) is 11.5 Å². The average molecular weight is 306 g/mol. The van der Waals surface area contributed by atoms with Gasteiger partial charge in [0.1, 0.15) is 11.6 Å². The Morgan fingerprint density at radius 3 is 3.00 bits per heavy atom. The van der Waals surface area contributed by atoms with Gasteiger partial charge in [-0.05, 0) is 13.0 Å². The molecule has 1 aromatic carbocycles. The highest BCUT2D eigenvalue weighted by Crippen LogP contribution is 2.20. The van der Waals surface area contributed by atoms with Crippen molar-refractivity contribution in [3.8, 4) is 0 Å². The van der Waals surface area contributed by atoms with Crippen LogP contribution in [0.1, 0.15) is 40.3 Å². The molecule has 0 bridgehead atoms. The molecule has 0 fully saturated rings. The van der Waals surface area contributed by atoms with Crippen LogP contribution in [0.5, 0.6) is 0 Å². The summed E-state index contributed by atoms with van der Waals surface area (Å²) < 4.78 is 26.7. The van der Waals surface area contributed by atoms with Crippen LogP contribution in [0, 0.1) is 11.6 Å². The summed E-state index contributed by atoms with van der Waals surface area (Å²) in [5.74, 6) is -1.71. The van der Waals surface area contributed by atoms with E-state index in [9.17, 15) is 13.6 Å². The summed E-state index contributed by atoms with van der Waals surface area (Å²) in [6.45, 7) is 3.06. The van der Waals surface area contributed by atoms with E-state index in [0.717, 1.165) is 30.3 Å². The molecule has 1 aliphatic rings. The van der Waals surface area contributed by atoms with Gasteiger partial charge < -0.3 is 10.6 Å². The van der Waals surface area contributed by atoms with Crippen LogP contribution >= 0.6 is 0 Å². The quantitative estimate of drug-likeness (QED) is 0.810. The number of hydrogen-bond donors (Lipinski definition) is 3. The summed E-state index contributed by atoms with van der Waals surface area (Å²) in [4.78, 5) is 12.3. The molecule has 0 radical (unpaired) electrons. The maximum atomic E-state index is 13.7. The monoisotopic (exact) mass is 306 g/mol. The number of aromatic amines is 1. The first kappa shape index (κ1) is 14.6. The molecule has 1 unspecified atom stereocenters. The van der Waals surface area contributed by atoms with E-state index in [4.69, 9.17) is 0 Å². The molecule has 1 amide bonds. The number of amides is 1. The summed E-state index contributed by atoms with van der Waals surface area (Å²) in [5.41, 5.74) is 2.34. The van der Waals surface area contributed by atoms with Gasteiger partial charge in [0.05, 0.1) is 6.04 Å². The number of rotatable bonds is 3. The molecule has 2 aromatic rings. The summed E-state index contributed by atoms with van der Waals surface area (Å²) in [6.07, 6.45) is 0.789. The van der Waals surface area contributed by atoms with Gasteiger partial charge in [-0.3, -0.25) is 9.89 Å². The Labute approximate surface area is 126 Å². The van der Waals surface area contributed by atoms with Crippen LogP contribution in [0.25, 0.3) is 0 Å². The molecule has 1 aromatic heterocycles. The van der Waals surface area contributed by atoms with Gasteiger partial charge in [0, 0.05) is 42.4 Å². The predicted octanol–water partition coefficient (Wildman–Crippen LogP) is 1.82. The fourth-order valence-corrected chi connectivity index (χ4v) is 2.61. The number of halogens is 2. The van der Waals surface area contributed by atoms with Crippen LogP contribution in [0.3, 0.4) is 0 Å². The minimum atomic E-state index is -0.682. The Morgan fingerprint density at radius 1 is 1.41 bits per heavy atom. The Bertz CT molecular complexity index is 714. The van der Waals surface area contributed by atoms with E-state index >= 15 is 0 Å². The van der Waals surface area contributed by atoms with Gasteiger partial charge in [-0.1, -0.05) is 6.07 Å². The van der Waals surface area contributed by atoms with Gasteiger partial charge >= 0.3 is 0 Å². The molecule has 0 saturated carbocycles. The average Bonchev–Trinajstić information content (AvgIpc) is 2.91. The van der Waals surface area contributed by atoms with Crippen LogP contribution in [0.4, 0.5) is 8.78 Å². The number of benzene rings is 1. The second-order valence-electron chi connectivity index (χ2n) is 5.32. The third-order valence-electron chi connectivity index (χ3n) is 3.80. The van der Waals surface area contributed by atoms with Crippen molar-refractivity contribution in [1.82, 2.24) is 20.8 Å². The van der Waals surface area contributed by atoms with E-state index in [1.807, 2.05) is 0 Å². The largest absolute Gasteiger partial charge is 0.344 e. The lowest BCUT2D eigenvalue weighted by Crippen LogP contribution is -2.30. The lowest BCUT2D eigenvalue weighted by atomic mass is 10.1. The maximum absolute atomic E-state index is 13.7. The van der Waals surface area contributed by atoms with Gasteiger partial charge in [0.2, 0.25) is 0 Å². The topological polar surface area (TPSA) is 69.8 Å². The van der Waals surface area contributed by atoms with E-state index in [1.54, 1.807) is 6.92 Å². The van der Waals surface area contributed by atoms with E-state index < -0.39 is 17.7 Å². The number of carbonyl (C=O) groups is 1. The molecular weight excluding hydrogens is 290 g/mol. The molecule has 2 heterocycles. The van der Waals surface area contributed by atoms with Gasteiger partial charge in [-0.25, -0.2) is 8.78 Å². The molecule has 116 valence electrons. The van der Waals surface area contributed by atoms with Crippen LogP contribution in [0.15, 0.2) is 18.2 Å². The predicted molar refractivity (Wildman–Crippen MR) is 76.2 cm³/mol. The van der Waals surface area contributed by atoms with E-state index in [2.05, 4.69) is 20.8 Å². The standard InChI is InChI=1S/C15H16F2N4O/c1-8(10-3-2-9(16)6-12(10)17)19-15(22)14-11-7-18-5-4-13(11)20-21-14/h2-3,6,8,18H,4-5,7H2,1H3,(H,19,22)(H,20,21). The number of carbonyl (C=O) groups excluding carboxylic acids is 1. The fourth-order valence-electron chi connectivity index (χ4n) is 2.61. The molecule has 0 saturated heterocycles. The normalized spacial score (nSPS) is 15.2. The fraction of sp³-hybridized carbons (Fsp3) is 0.333. The first-order valence-corrected chi connectivity index (χ1v) is 7.09. The molecule has 0 aliphatic carbocycles. The van der Waals surface area contributed by atoms with Crippen LogP contribution < -0.4 is 10.6 Å². The van der Waals surface area contributed by atoms with Crippen molar-refractivity contribution in [2.75, 3.05) is 6.54 Å². The third-order valence-corrected chi connectivity index (χ3v) is 3.80. The highest BCUT2D eigenvalue weighted by molar-refractivity contribution is 5.94. The minimum absolute atomic E-state index is 0.234. The third kappa shape index (κ3) is 2.71.